The molecule has 0 aliphatic carbocycles. The fraction of sp³-hybridized carbons (Fsp3) is 0.256. The van der Waals surface area contributed by atoms with E-state index in [1.54, 1.807) is 6.92 Å². The van der Waals surface area contributed by atoms with Crippen molar-refractivity contribution < 1.29 is 74.0 Å². The van der Waals surface area contributed by atoms with Crippen molar-refractivity contribution in [3.05, 3.63) is 118 Å². The molecule has 0 radical (unpaired) electrons. The first-order valence-electron chi connectivity index (χ1n) is 19.0. The van der Waals surface area contributed by atoms with Gasteiger partial charge >= 0.3 is 12.7 Å². The minimum absolute atomic E-state index is 0.0312. The number of nitrogens with one attached hydrogen (secondary N) is 2. The highest BCUT2D eigenvalue weighted by Crippen LogP contribution is 2.47. The molecule has 63 heavy (non-hydrogen) atoms. The summed E-state index contributed by atoms with van der Waals surface area (Å²) in [5.74, 6) is -13.8. The van der Waals surface area contributed by atoms with Crippen LogP contribution in [0.3, 0.4) is 0 Å². The van der Waals surface area contributed by atoms with Crippen molar-refractivity contribution in [2.75, 3.05) is 13.1 Å². The molecule has 0 saturated heterocycles. The number of amides is 2. The molecule has 0 saturated carbocycles. The Bertz CT molecular complexity index is 2760. The quantitative estimate of drug-likeness (QED) is 0.0889. The fourth-order valence-electron chi connectivity index (χ4n) is 7.64. The lowest BCUT2D eigenvalue weighted by molar-refractivity contribution is -0.275. The maximum Gasteiger partial charge on any atom is 0.573 e. The molecule has 2 aromatic heterocycles. The van der Waals surface area contributed by atoms with Gasteiger partial charge in [-0.15, -0.1) is 26.3 Å². The average Bonchev–Trinajstić information content (AvgIpc) is 3.67. The summed E-state index contributed by atoms with van der Waals surface area (Å²) in [5.41, 5.74) is -2.19. The van der Waals surface area contributed by atoms with Gasteiger partial charge in [0.15, 0.2) is 23.1 Å². The standard InChI is InChI=1S/C43H36F8N4O8/c1-5-19-53-39(59)35(31-21(4)55(27-16-18-29(57)37(45)33(27)31)41(61)23-9-13-25(14-10-23)63-43(49,50)51)34(38(58)52-6-2)30-20(3)54(26-15-17-28(56)36(44)32(26)30)40(60)22-7-11-24(12-8-22)62-42(46,47)48/h7-18,34-35,56-57H,5-6,19H2,1-4H3,(H,52,58)(H,53,59). The zero-order valence-electron chi connectivity index (χ0n) is 33.5. The molecule has 2 heterocycles. The number of phenolic OH excluding ortho intramolecular Hbond substituents is 2. The molecule has 0 aliphatic rings. The van der Waals surface area contributed by atoms with Crippen LogP contribution in [0.2, 0.25) is 0 Å². The Balaban J connectivity index is 1.66. The Morgan fingerprint density at radius 1 is 0.603 bits per heavy atom. The van der Waals surface area contributed by atoms with E-state index < -0.39 is 93.6 Å². The molecule has 12 nitrogen and oxygen atoms in total. The summed E-state index contributed by atoms with van der Waals surface area (Å²) in [4.78, 5) is 57.9. The maximum atomic E-state index is 16.5. The molecular formula is C43H36F8N4O8. The molecule has 0 spiro atoms. The number of carbonyl (C=O) groups excluding carboxylic acids is 4. The number of likely N-dealkylation sites (N-methyl/N-ethyl adjacent to an activating group) is 1. The number of hydrogen-bond donors (Lipinski definition) is 4. The number of benzene rings is 4. The molecule has 0 fully saturated rings. The molecule has 2 unspecified atom stereocenters. The van der Waals surface area contributed by atoms with Gasteiger partial charge in [0, 0.05) is 46.4 Å². The molecule has 6 aromatic rings. The van der Waals surface area contributed by atoms with E-state index in [0.29, 0.717) is 6.42 Å². The average molecular weight is 889 g/mol. The zero-order chi connectivity index (χ0) is 46.3. The highest BCUT2D eigenvalue weighted by atomic mass is 19.4. The van der Waals surface area contributed by atoms with Crippen molar-refractivity contribution in [2.45, 2.75) is 58.7 Å². The van der Waals surface area contributed by atoms with E-state index in [0.717, 1.165) is 81.9 Å². The summed E-state index contributed by atoms with van der Waals surface area (Å²) in [7, 11) is 0. The number of nitrogens with zero attached hydrogens (tertiary/aromatic N) is 2. The van der Waals surface area contributed by atoms with E-state index in [1.807, 2.05) is 0 Å². The third-order valence-electron chi connectivity index (χ3n) is 10.2. The predicted octanol–water partition coefficient (Wildman–Crippen LogP) is 8.61. The lowest BCUT2D eigenvalue weighted by Crippen LogP contribution is -2.40. The van der Waals surface area contributed by atoms with Crippen molar-refractivity contribution >= 4 is 45.4 Å². The van der Waals surface area contributed by atoms with Gasteiger partial charge in [-0.1, -0.05) is 6.92 Å². The first-order chi connectivity index (χ1) is 29.6. The van der Waals surface area contributed by atoms with E-state index in [1.165, 1.54) is 20.8 Å². The first-order valence-corrected chi connectivity index (χ1v) is 19.0. The van der Waals surface area contributed by atoms with Gasteiger partial charge < -0.3 is 30.3 Å². The van der Waals surface area contributed by atoms with E-state index in [2.05, 4.69) is 20.1 Å². The number of rotatable bonds is 12. The highest BCUT2D eigenvalue weighted by molar-refractivity contribution is 6.09. The molecule has 20 heteroatoms. The Labute approximate surface area is 351 Å². The number of halogens is 8. The molecule has 0 aliphatic heterocycles. The fourth-order valence-corrected chi connectivity index (χ4v) is 7.64. The molecule has 2 amide bonds. The van der Waals surface area contributed by atoms with Gasteiger partial charge in [0.2, 0.25) is 11.8 Å². The third-order valence-corrected chi connectivity index (χ3v) is 10.2. The number of phenols is 2. The minimum atomic E-state index is -5.05. The lowest BCUT2D eigenvalue weighted by Gasteiger charge is -2.27. The van der Waals surface area contributed by atoms with Crippen molar-refractivity contribution in [3.63, 3.8) is 0 Å². The topological polar surface area (TPSA) is 161 Å². The van der Waals surface area contributed by atoms with E-state index >= 15 is 8.78 Å². The van der Waals surface area contributed by atoms with E-state index in [4.69, 9.17) is 0 Å². The van der Waals surface area contributed by atoms with Crippen molar-refractivity contribution in [1.82, 2.24) is 19.8 Å². The monoisotopic (exact) mass is 888 g/mol. The highest BCUT2D eigenvalue weighted by Gasteiger charge is 2.44. The van der Waals surface area contributed by atoms with Crippen LogP contribution in [-0.4, -0.2) is 68.8 Å². The Morgan fingerprint density at radius 3 is 1.30 bits per heavy atom. The smallest absolute Gasteiger partial charge is 0.505 e. The van der Waals surface area contributed by atoms with Crippen LogP contribution >= 0.6 is 0 Å². The number of fused-ring (bicyclic) bond motifs is 2. The van der Waals surface area contributed by atoms with Gasteiger partial charge in [0.1, 0.15) is 11.5 Å². The number of aromatic hydroxyl groups is 2. The summed E-state index contributed by atoms with van der Waals surface area (Å²) >= 11 is 0. The lowest BCUT2D eigenvalue weighted by atomic mass is 9.77. The first kappa shape index (κ1) is 45.4. The molecule has 0 bridgehead atoms. The second kappa shape index (κ2) is 17.3. The van der Waals surface area contributed by atoms with Gasteiger partial charge in [-0.3, -0.25) is 28.3 Å². The number of hydrogen-bond acceptors (Lipinski definition) is 8. The van der Waals surface area contributed by atoms with Crippen LogP contribution < -0.4 is 20.1 Å². The van der Waals surface area contributed by atoms with Crippen LogP contribution in [0.1, 0.15) is 75.3 Å². The molecule has 6 rings (SSSR count). The summed E-state index contributed by atoms with van der Waals surface area (Å²) < 4.78 is 120. The number of alkyl halides is 6. The molecule has 332 valence electrons. The van der Waals surface area contributed by atoms with Crippen LogP contribution in [0, 0.1) is 25.5 Å². The molecular weight excluding hydrogens is 852 g/mol. The predicted molar refractivity (Wildman–Crippen MR) is 210 cm³/mol. The number of ether oxygens (including phenoxy) is 2. The number of aromatic nitrogens is 2. The number of carbonyl (C=O) groups is 4. The second-order valence-electron chi connectivity index (χ2n) is 14.2. The summed E-state index contributed by atoms with van der Waals surface area (Å²) in [5, 5.41) is 25.5. The maximum absolute atomic E-state index is 16.5. The third kappa shape index (κ3) is 8.82. The van der Waals surface area contributed by atoms with Gasteiger partial charge in [0.25, 0.3) is 11.8 Å². The Kier molecular flexibility index (Phi) is 12.5. The van der Waals surface area contributed by atoms with Crippen LogP contribution in [0.25, 0.3) is 21.8 Å². The van der Waals surface area contributed by atoms with Crippen LogP contribution in [-0.2, 0) is 9.59 Å². The van der Waals surface area contributed by atoms with Crippen molar-refractivity contribution in [2.24, 2.45) is 0 Å². The van der Waals surface area contributed by atoms with Crippen molar-refractivity contribution in [1.29, 1.82) is 0 Å². The summed E-state index contributed by atoms with van der Waals surface area (Å²) in [6, 6.07) is 11.5. The minimum Gasteiger partial charge on any atom is -0.505 e. The summed E-state index contributed by atoms with van der Waals surface area (Å²) in [6.07, 6.45) is -9.78. The van der Waals surface area contributed by atoms with E-state index in [-0.39, 0.29) is 57.8 Å². The van der Waals surface area contributed by atoms with Crippen LogP contribution in [0.15, 0.2) is 72.8 Å². The van der Waals surface area contributed by atoms with Crippen molar-refractivity contribution in [3.8, 4) is 23.0 Å². The summed E-state index contributed by atoms with van der Waals surface area (Å²) in [6.45, 7) is 5.62. The largest absolute Gasteiger partial charge is 0.573 e. The van der Waals surface area contributed by atoms with Gasteiger partial charge in [-0.05, 0) is 111 Å². The van der Waals surface area contributed by atoms with E-state index in [9.17, 15) is 55.7 Å². The molecule has 2 atom stereocenters. The van der Waals surface area contributed by atoms with Gasteiger partial charge in [-0.25, -0.2) is 8.78 Å². The normalized spacial score (nSPS) is 12.9. The van der Waals surface area contributed by atoms with Gasteiger partial charge in [0.05, 0.1) is 22.9 Å². The SMILES string of the molecule is CCCNC(=O)C(c1c(C)n(C(=O)c2ccc(OC(F)(F)F)cc2)c2ccc(O)c(F)c12)C(C(=O)NCC)c1c(C)n(C(=O)c2ccc(OC(F)(F)F)cc2)c2ccc(O)c(F)c12. The van der Waals surface area contributed by atoms with Crippen LogP contribution in [0.4, 0.5) is 35.1 Å². The Hall–Kier alpha value is -7.12. The van der Waals surface area contributed by atoms with Gasteiger partial charge in [-0.2, -0.15) is 0 Å². The molecule has 4 N–H and O–H groups in total. The zero-order valence-corrected chi connectivity index (χ0v) is 33.5. The molecule has 4 aromatic carbocycles. The Morgan fingerprint density at radius 2 is 0.968 bits per heavy atom. The second-order valence-corrected chi connectivity index (χ2v) is 14.2. The van der Waals surface area contributed by atoms with Crippen LogP contribution in [0.5, 0.6) is 23.0 Å².